The van der Waals surface area contributed by atoms with E-state index >= 15 is 0 Å². The van der Waals surface area contributed by atoms with Gasteiger partial charge in [-0.1, -0.05) is 6.07 Å². The largest absolute Gasteiger partial charge is 0.497 e. The third-order valence-corrected chi connectivity index (χ3v) is 2.99. The molecule has 0 amide bonds. The van der Waals surface area contributed by atoms with E-state index in [1.54, 1.807) is 25.3 Å². The zero-order valence-electron chi connectivity index (χ0n) is 9.16. The summed E-state index contributed by atoms with van der Waals surface area (Å²) in [4.78, 5) is 12.1. The van der Waals surface area contributed by atoms with Crippen LogP contribution in [0.25, 0.3) is 11.1 Å². The predicted octanol–water partition coefficient (Wildman–Crippen LogP) is 3.05. The Balaban J connectivity index is 2.27. The molecule has 2 nitrogen and oxygen atoms in total. The van der Waals surface area contributed by atoms with E-state index in [0.29, 0.717) is 16.9 Å². The van der Waals surface area contributed by atoms with Crippen LogP contribution in [0.5, 0.6) is 5.75 Å². The van der Waals surface area contributed by atoms with Crippen molar-refractivity contribution < 1.29 is 13.9 Å². The molecule has 0 bridgehead atoms. The average Bonchev–Trinajstić information content (AvgIpc) is 2.62. The first-order valence-electron chi connectivity index (χ1n) is 5.23. The van der Waals surface area contributed by atoms with Gasteiger partial charge in [0.2, 0.25) is 0 Å². The summed E-state index contributed by atoms with van der Waals surface area (Å²) in [6, 6.07) is 9.60. The maximum Gasteiger partial charge on any atom is 0.194 e. The zero-order chi connectivity index (χ0) is 12.0. The summed E-state index contributed by atoms with van der Waals surface area (Å²) in [6.45, 7) is 0. The molecule has 0 aliphatic heterocycles. The first-order chi connectivity index (χ1) is 8.20. The number of fused-ring (bicyclic) bond motifs is 3. The van der Waals surface area contributed by atoms with Crippen molar-refractivity contribution >= 4 is 5.78 Å². The fourth-order valence-corrected chi connectivity index (χ4v) is 2.16. The molecule has 1 aliphatic rings. The van der Waals surface area contributed by atoms with Crippen molar-refractivity contribution in [2.24, 2.45) is 0 Å². The Bertz CT molecular complexity index is 632. The second-order valence-corrected chi connectivity index (χ2v) is 3.93. The van der Waals surface area contributed by atoms with Gasteiger partial charge >= 0.3 is 0 Å². The van der Waals surface area contributed by atoms with Crippen LogP contribution in [-0.2, 0) is 0 Å². The Morgan fingerprint density at radius 3 is 2.29 bits per heavy atom. The van der Waals surface area contributed by atoms with E-state index < -0.39 is 5.82 Å². The Kier molecular flexibility index (Phi) is 2.01. The number of hydrogen-bond donors (Lipinski definition) is 0. The minimum Gasteiger partial charge on any atom is -0.497 e. The second kappa shape index (κ2) is 3.42. The molecule has 0 aromatic heterocycles. The van der Waals surface area contributed by atoms with E-state index in [-0.39, 0.29) is 5.78 Å². The van der Waals surface area contributed by atoms with Crippen molar-refractivity contribution in [2.45, 2.75) is 0 Å². The first-order valence-corrected chi connectivity index (χ1v) is 5.23. The normalized spacial score (nSPS) is 12.2. The number of methoxy groups -OCH3 is 1. The van der Waals surface area contributed by atoms with E-state index in [1.165, 1.54) is 12.1 Å². The highest BCUT2D eigenvalue weighted by Gasteiger charge is 2.27. The molecule has 0 saturated carbocycles. The number of benzene rings is 2. The quantitative estimate of drug-likeness (QED) is 0.639. The lowest BCUT2D eigenvalue weighted by Gasteiger charge is -2.02. The van der Waals surface area contributed by atoms with Crippen LogP contribution in [0.2, 0.25) is 0 Å². The molecule has 2 aromatic rings. The van der Waals surface area contributed by atoms with Gasteiger partial charge in [0.15, 0.2) is 5.78 Å². The van der Waals surface area contributed by atoms with Crippen molar-refractivity contribution in [3.63, 3.8) is 0 Å². The summed E-state index contributed by atoms with van der Waals surface area (Å²) < 4.78 is 18.2. The van der Waals surface area contributed by atoms with Crippen LogP contribution in [0.3, 0.4) is 0 Å². The van der Waals surface area contributed by atoms with Crippen molar-refractivity contribution in [1.29, 1.82) is 0 Å². The Hall–Kier alpha value is -2.16. The number of ether oxygens (including phenoxy) is 1. The van der Waals surface area contributed by atoms with E-state index in [2.05, 4.69) is 0 Å². The van der Waals surface area contributed by atoms with Crippen molar-refractivity contribution in [3.05, 3.63) is 53.3 Å². The Morgan fingerprint density at radius 1 is 0.941 bits per heavy atom. The standard InChI is InChI=1S/C14H9FO2/c1-17-9-3-5-11-10-4-2-8(15)6-12(10)14(16)13(11)7-9/h2-7H,1H3. The van der Waals surface area contributed by atoms with Gasteiger partial charge in [0.1, 0.15) is 11.6 Å². The van der Waals surface area contributed by atoms with Gasteiger partial charge in [0.05, 0.1) is 7.11 Å². The van der Waals surface area contributed by atoms with Gasteiger partial charge in [-0.2, -0.15) is 0 Å². The van der Waals surface area contributed by atoms with Crippen molar-refractivity contribution in [1.82, 2.24) is 0 Å². The van der Waals surface area contributed by atoms with Gasteiger partial charge in [-0.05, 0) is 41.5 Å². The summed E-state index contributed by atoms with van der Waals surface area (Å²) in [6.07, 6.45) is 0. The highest BCUT2D eigenvalue weighted by molar-refractivity contribution is 6.21. The molecule has 0 radical (unpaired) electrons. The number of carbonyl (C=O) groups is 1. The summed E-state index contributed by atoms with van der Waals surface area (Å²) in [5.41, 5.74) is 2.62. The van der Waals surface area contributed by atoms with Gasteiger partial charge in [-0.25, -0.2) is 4.39 Å². The third-order valence-electron chi connectivity index (χ3n) is 2.99. The lowest BCUT2D eigenvalue weighted by molar-refractivity contribution is 0.104. The molecule has 3 heteroatoms. The van der Waals surface area contributed by atoms with Gasteiger partial charge in [-0.3, -0.25) is 4.79 Å². The third kappa shape index (κ3) is 1.35. The minimum absolute atomic E-state index is 0.145. The number of hydrogen-bond acceptors (Lipinski definition) is 2. The Labute approximate surface area is 97.7 Å². The molecule has 0 saturated heterocycles. The molecule has 3 rings (SSSR count). The zero-order valence-corrected chi connectivity index (χ0v) is 9.16. The monoisotopic (exact) mass is 228 g/mol. The molecule has 0 fully saturated rings. The predicted molar refractivity (Wildman–Crippen MR) is 61.8 cm³/mol. The molecule has 17 heavy (non-hydrogen) atoms. The summed E-state index contributed by atoms with van der Waals surface area (Å²) in [5, 5.41) is 0. The second-order valence-electron chi connectivity index (χ2n) is 3.93. The average molecular weight is 228 g/mol. The van der Waals surface area contributed by atoms with E-state index in [1.807, 2.05) is 6.07 Å². The number of carbonyl (C=O) groups excluding carboxylic acids is 1. The fourth-order valence-electron chi connectivity index (χ4n) is 2.16. The molecular formula is C14H9FO2. The van der Waals surface area contributed by atoms with Crippen LogP contribution in [0, 0.1) is 5.82 Å². The molecular weight excluding hydrogens is 219 g/mol. The van der Waals surface area contributed by atoms with Gasteiger partial charge in [0.25, 0.3) is 0 Å². The summed E-state index contributed by atoms with van der Waals surface area (Å²) in [5.74, 6) is 0.0932. The molecule has 0 spiro atoms. The summed E-state index contributed by atoms with van der Waals surface area (Å²) in [7, 11) is 1.55. The van der Waals surface area contributed by atoms with Crippen LogP contribution in [0.1, 0.15) is 15.9 Å². The van der Waals surface area contributed by atoms with Crippen molar-refractivity contribution in [3.8, 4) is 16.9 Å². The maximum atomic E-state index is 13.1. The maximum absolute atomic E-state index is 13.1. The number of halogens is 1. The molecule has 84 valence electrons. The first kappa shape index (κ1) is 10.0. The lowest BCUT2D eigenvalue weighted by Crippen LogP contribution is -1.96. The van der Waals surface area contributed by atoms with E-state index in [0.717, 1.165) is 11.1 Å². The molecule has 0 heterocycles. The fraction of sp³-hybridized carbons (Fsp3) is 0.0714. The highest BCUT2D eigenvalue weighted by Crippen LogP contribution is 2.38. The molecule has 0 atom stereocenters. The van der Waals surface area contributed by atoms with Crippen LogP contribution in [-0.4, -0.2) is 12.9 Å². The van der Waals surface area contributed by atoms with Crippen molar-refractivity contribution in [2.75, 3.05) is 7.11 Å². The van der Waals surface area contributed by atoms with Crippen LogP contribution in [0.4, 0.5) is 4.39 Å². The molecule has 2 aromatic carbocycles. The minimum atomic E-state index is -0.392. The smallest absolute Gasteiger partial charge is 0.194 e. The topological polar surface area (TPSA) is 26.3 Å². The van der Waals surface area contributed by atoms with Crippen LogP contribution in [0.15, 0.2) is 36.4 Å². The molecule has 1 aliphatic carbocycles. The lowest BCUT2D eigenvalue weighted by atomic mass is 10.1. The highest BCUT2D eigenvalue weighted by atomic mass is 19.1. The SMILES string of the molecule is COc1ccc2c(c1)C(=O)c1cc(F)ccc1-2. The summed E-state index contributed by atoms with van der Waals surface area (Å²) >= 11 is 0. The number of ketones is 1. The van der Waals surface area contributed by atoms with Gasteiger partial charge in [0, 0.05) is 11.1 Å². The van der Waals surface area contributed by atoms with Crippen LogP contribution >= 0.6 is 0 Å². The Morgan fingerprint density at radius 2 is 1.59 bits per heavy atom. The molecule has 0 N–H and O–H groups in total. The van der Waals surface area contributed by atoms with Gasteiger partial charge < -0.3 is 4.74 Å². The molecule has 0 unspecified atom stereocenters. The van der Waals surface area contributed by atoms with E-state index in [4.69, 9.17) is 4.74 Å². The number of rotatable bonds is 1. The van der Waals surface area contributed by atoms with Gasteiger partial charge in [-0.15, -0.1) is 0 Å². The van der Waals surface area contributed by atoms with E-state index in [9.17, 15) is 9.18 Å². The van der Waals surface area contributed by atoms with Crippen LogP contribution < -0.4 is 4.74 Å².